The van der Waals surface area contributed by atoms with Crippen molar-refractivity contribution in [3.8, 4) is 0 Å². The van der Waals surface area contributed by atoms with Gasteiger partial charge in [0.25, 0.3) is 11.6 Å². The second kappa shape index (κ2) is 6.36. The Kier molecular flexibility index (Phi) is 4.68. The lowest BCUT2D eigenvalue weighted by Crippen LogP contribution is -2.56. The number of carbonyl (C=O) groups excluding carboxylic acids is 1. The molecule has 0 spiro atoms. The van der Waals surface area contributed by atoms with Crippen LogP contribution < -0.4 is 0 Å². The molecule has 0 radical (unpaired) electrons. The molecule has 0 aliphatic heterocycles. The van der Waals surface area contributed by atoms with Gasteiger partial charge in [-0.05, 0) is 25.8 Å². The fourth-order valence-corrected chi connectivity index (χ4v) is 3.16. The van der Waals surface area contributed by atoms with Crippen molar-refractivity contribution in [1.82, 2.24) is 4.90 Å². The van der Waals surface area contributed by atoms with Crippen molar-refractivity contribution >= 4 is 17.6 Å². The number of rotatable bonds is 4. The van der Waals surface area contributed by atoms with E-state index in [-0.39, 0.29) is 11.3 Å². The lowest BCUT2D eigenvalue weighted by atomic mass is 9.80. The lowest BCUT2D eigenvalue weighted by Gasteiger charge is -2.41. The molecule has 23 heavy (non-hydrogen) atoms. The third-order valence-electron chi connectivity index (χ3n) is 4.68. The van der Waals surface area contributed by atoms with Crippen LogP contribution in [0.2, 0.25) is 0 Å². The fourth-order valence-electron chi connectivity index (χ4n) is 3.16. The highest BCUT2D eigenvalue weighted by Gasteiger charge is 2.45. The van der Waals surface area contributed by atoms with Crippen molar-refractivity contribution < 1.29 is 19.6 Å². The number of aryl methyl sites for hydroxylation is 1. The van der Waals surface area contributed by atoms with Crippen molar-refractivity contribution in [2.24, 2.45) is 0 Å². The van der Waals surface area contributed by atoms with Gasteiger partial charge in [0, 0.05) is 24.2 Å². The largest absolute Gasteiger partial charge is 0.479 e. The highest BCUT2D eigenvalue weighted by Crippen LogP contribution is 2.34. The molecule has 7 nitrogen and oxygen atoms in total. The van der Waals surface area contributed by atoms with E-state index >= 15 is 0 Å². The summed E-state index contributed by atoms with van der Waals surface area (Å²) in [5.41, 5.74) is -0.775. The number of aliphatic carboxylic acids is 1. The van der Waals surface area contributed by atoms with E-state index in [1.807, 2.05) is 0 Å². The molecule has 1 N–H and O–H groups in total. The lowest BCUT2D eigenvalue weighted by molar-refractivity contribution is -0.385. The Balaban J connectivity index is 2.37. The molecule has 0 unspecified atom stereocenters. The average molecular weight is 320 g/mol. The minimum Gasteiger partial charge on any atom is -0.479 e. The number of hydrogen-bond donors (Lipinski definition) is 1. The minimum absolute atomic E-state index is 0.135. The Bertz CT molecular complexity index is 650. The summed E-state index contributed by atoms with van der Waals surface area (Å²) in [6.45, 7) is 1.59. The Hall–Kier alpha value is -2.44. The molecule has 0 aromatic heterocycles. The first-order valence-electron chi connectivity index (χ1n) is 7.56. The van der Waals surface area contributed by atoms with Gasteiger partial charge in [0.2, 0.25) is 0 Å². The van der Waals surface area contributed by atoms with Gasteiger partial charge in [0.15, 0.2) is 0 Å². The number of nitro groups is 1. The van der Waals surface area contributed by atoms with Crippen LogP contribution in [0.5, 0.6) is 0 Å². The number of carboxylic acid groups (broad SMARTS) is 1. The molecule has 1 aromatic carbocycles. The number of nitrogens with zero attached hydrogens (tertiary/aromatic N) is 2. The quantitative estimate of drug-likeness (QED) is 0.679. The van der Waals surface area contributed by atoms with E-state index in [0.717, 1.165) is 19.3 Å². The van der Waals surface area contributed by atoms with Crippen molar-refractivity contribution in [3.05, 3.63) is 39.4 Å². The van der Waals surface area contributed by atoms with E-state index in [9.17, 15) is 24.8 Å². The van der Waals surface area contributed by atoms with Crippen LogP contribution in [0.4, 0.5) is 5.69 Å². The second-order valence-corrected chi connectivity index (χ2v) is 6.02. The fraction of sp³-hybridized carbons (Fsp3) is 0.500. The van der Waals surface area contributed by atoms with Gasteiger partial charge in [0.1, 0.15) is 5.54 Å². The van der Waals surface area contributed by atoms with Gasteiger partial charge in [-0.25, -0.2) is 4.79 Å². The third kappa shape index (κ3) is 3.04. The Morgan fingerprint density at radius 1 is 1.26 bits per heavy atom. The SMILES string of the molecule is Cc1ccc(C(=O)N(C)C2(C(=O)O)CCCCC2)cc1[N+](=O)[O-]. The predicted octanol–water partition coefficient (Wildman–Crippen LogP) is 2.76. The average Bonchev–Trinajstić information content (AvgIpc) is 2.54. The molecule has 1 saturated carbocycles. The number of nitro benzene ring substituents is 1. The topological polar surface area (TPSA) is 101 Å². The number of likely N-dealkylation sites (N-methyl/N-ethyl adjacent to an activating group) is 1. The van der Waals surface area contributed by atoms with Crippen molar-refractivity contribution in [1.29, 1.82) is 0 Å². The zero-order chi connectivity index (χ0) is 17.2. The zero-order valence-corrected chi connectivity index (χ0v) is 13.2. The first-order valence-corrected chi connectivity index (χ1v) is 7.56. The van der Waals surface area contributed by atoms with Gasteiger partial charge in [0.05, 0.1) is 4.92 Å². The molecular formula is C16H20N2O5. The van der Waals surface area contributed by atoms with Gasteiger partial charge in [-0.3, -0.25) is 14.9 Å². The summed E-state index contributed by atoms with van der Waals surface area (Å²) in [6, 6.07) is 4.22. The van der Waals surface area contributed by atoms with Crippen LogP contribution in [-0.2, 0) is 4.79 Å². The summed E-state index contributed by atoms with van der Waals surface area (Å²) in [4.78, 5) is 36.2. The molecule has 1 aliphatic carbocycles. The van der Waals surface area contributed by atoms with Crippen LogP contribution in [-0.4, -0.2) is 39.4 Å². The maximum atomic E-state index is 12.7. The van der Waals surface area contributed by atoms with E-state index in [2.05, 4.69) is 0 Å². The Morgan fingerprint density at radius 2 is 1.87 bits per heavy atom. The minimum atomic E-state index is -1.23. The third-order valence-corrected chi connectivity index (χ3v) is 4.68. The number of benzene rings is 1. The molecule has 1 amide bonds. The van der Waals surface area contributed by atoms with Crippen LogP contribution in [0.25, 0.3) is 0 Å². The molecule has 0 atom stereocenters. The molecule has 0 saturated heterocycles. The Labute approximate surface area is 134 Å². The summed E-state index contributed by atoms with van der Waals surface area (Å²) >= 11 is 0. The van der Waals surface area contributed by atoms with Gasteiger partial charge < -0.3 is 10.0 Å². The number of carboxylic acids is 1. The molecule has 2 rings (SSSR count). The summed E-state index contributed by atoms with van der Waals surface area (Å²) in [5, 5.41) is 20.7. The van der Waals surface area contributed by atoms with Crippen molar-refractivity contribution in [3.63, 3.8) is 0 Å². The predicted molar refractivity (Wildman–Crippen MR) is 83.4 cm³/mol. The standard InChI is InChI=1S/C16H20N2O5/c1-11-6-7-12(10-13(11)18(22)23)14(19)17(2)16(15(20)21)8-4-3-5-9-16/h6-7,10H,3-5,8-9H2,1-2H3,(H,20,21). The molecule has 0 bridgehead atoms. The zero-order valence-electron chi connectivity index (χ0n) is 13.2. The molecule has 1 aliphatic rings. The molecular weight excluding hydrogens is 300 g/mol. The summed E-state index contributed by atoms with van der Waals surface area (Å²) in [7, 11) is 1.47. The smallest absolute Gasteiger partial charge is 0.329 e. The number of carbonyl (C=O) groups is 2. The van der Waals surface area contributed by atoms with Crippen molar-refractivity contribution in [2.45, 2.75) is 44.6 Å². The van der Waals surface area contributed by atoms with E-state index in [0.29, 0.717) is 18.4 Å². The maximum absolute atomic E-state index is 12.7. The first-order chi connectivity index (χ1) is 10.8. The van der Waals surface area contributed by atoms with Gasteiger partial charge in [-0.1, -0.05) is 25.3 Å². The first kappa shape index (κ1) is 16.9. The van der Waals surface area contributed by atoms with E-state index < -0.39 is 22.3 Å². The normalized spacial score (nSPS) is 16.6. The van der Waals surface area contributed by atoms with Crippen molar-refractivity contribution in [2.75, 3.05) is 7.05 Å². The van der Waals surface area contributed by atoms with Crippen LogP contribution in [0.3, 0.4) is 0 Å². The molecule has 1 fully saturated rings. The summed E-state index contributed by atoms with van der Waals surface area (Å²) in [5.74, 6) is -1.52. The van der Waals surface area contributed by atoms with Crippen LogP contribution >= 0.6 is 0 Å². The highest BCUT2D eigenvalue weighted by atomic mass is 16.6. The maximum Gasteiger partial charge on any atom is 0.329 e. The molecule has 124 valence electrons. The summed E-state index contributed by atoms with van der Waals surface area (Å²) < 4.78 is 0. The number of amides is 1. The monoisotopic (exact) mass is 320 g/mol. The van der Waals surface area contributed by atoms with E-state index in [1.54, 1.807) is 6.92 Å². The van der Waals surface area contributed by atoms with E-state index in [4.69, 9.17) is 0 Å². The molecule has 7 heteroatoms. The Morgan fingerprint density at radius 3 is 2.39 bits per heavy atom. The van der Waals surface area contributed by atoms with Gasteiger partial charge in [-0.15, -0.1) is 0 Å². The van der Waals surface area contributed by atoms with Crippen LogP contribution in [0, 0.1) is 17.0 Å². The summed E-state index contributed by atoms with van der Waals surface area (Å²) in [6.07, 6.45) is 3.25. The van der Waals surface area contributed by atoms with Gasteiger partial charge >= 0.3 is 5.97 Å². The molecule has 1 aromatic rings. The second-order valence-electron chi connectivity index (χ2n) is 6.02. The van der Waals surface area contributed by atoms with Crippen LogP contribution in [0.1, 0.15) is 48.0 Å². The highest BCUT2D eigenvalue weighted by molar-refractivity contribution is 5.98. The molecule has 0 heterocycles. The number of hydrogen-bond acceptors (Lipinski definition) is 4. The van der Waals surface area contributed by atoms with Gasteiger partial charge in [-0.2, -0.15) is 0 Å². The van der Waals surface area contributed by atoms with Crippen LogP contribution in [0.15, 0.2) is 18.2 Å². The van der Waals surface area contributed by atoms with E-state index in [1.165, 1.54) is 30.1 Å².